The van der Waals surface area contributed by atoms with Crippen LogP contribution in [-0.4, -0.2) is 46.0 Å². The molecule has 0 unspecified atom stereocenters. The van der Waals surface area contributed by atoms with Gasteiger partial charge in [0.2, 0.25) is 10.0 Å². The summed E-state index contributed by atoms with van der Waals surface area (Å²) in [5.74, 6) is 1.01. The Balaban J connectivity index is 1.31. The molecule has 2 heterocycles. The monoisotopic (exact) mass is 428 g/mol. The van der Waals surface area contributed by atoms with E-state index in [1.807, 2.05) is 24.3 Å². The minimum atomic E-state index is -3.57. The maximum absolute atomic E-state index is 12.7. The van der Waals surface area contributed by atoms with Gasteiger partial charge in [-0.05, 0) is 55.2 Å². The largest absolute Gasteiger partial charge is 0.497 e. The van der Waals surface area contributed by atoms with Crippen LogP contribution in [0.4, 0.5) is 0 Å². The lowest BCUT2D eigenvalue weighted by Gasteiger charge is -2.31. The first kappa shape index (κ1) is 20.4. The van der Waals surface area contributed by atoms with Crippen LogP contribution in [0.2, 0.25) is 0 Å². The normalized spacial score (nSPS) is 15.4. The number of ether oxygens (including phenoxy) is 1. The number of rotatable bonds is 6. The SMILES string of the molecule is COc1ccc(S(=O)(=O)NCC2CCN(C(=O)c3cc4ccccc4o3)CC2)cc1. The van der Waals surface area contributed by atoms with Gasteiger partial charge in [0.25, 0.3) is 5.91 Å². The lowest BCUT2D eigenvalue weighted by Crippen LogP contribution is -2.41. The van der Waals surface area contributed by atoms with Crippen molar-refractivity contribution < 1.29 is 22.4 Å². The molecule has 1 amide bonds. The average molecular weight is 429 g/mol. The van der Waals surface area contributed by atoms with Gasteiger partial charge in [-0.1, -0.05) is 18.2 Å². The third-order valence-electron chi connectivity index (χ3n) is 5.47. The van der Waals surface area contributed by atoms with Gasteiger partial charge < -0.3 is 14.1 Å². The molecule has 1 aliphatic heterocycles. The third-order valence-corrected chi connectivity index (χ3v) is 6.91. The highest BCUT2D eigenvalue weighted by molar-refractivity contribution is 7.89. The number of sulfonamides is 1. The molecule has 0 saturated carbocycles. The van der Waals surface area contributed by atoms with Gasteiger partial charge in [-0.25, -0.2) is 13.1 Å². The first-order chi connectivity index (χ1) is 14.5. The van der Waals surface area contributed by atoms with E-state index in [0.29, 0.717) is 36.7 Å². The molecule has 0 radical (unpaired) electrons. The molecule has 0 spiro atoms. The smallest absolute Gasteiger partial charge is 0.289 e. The number of piperidine rings is 1. The van der Waals surface area contributed by atoms with Crippen molar-refractivity contribution in [2.75, 3.05) is 26.7 Å². The van der Waals surface area contributed by atoms with E-state index in [4.69, 9.17) is 9.15 Å². The molecule has 7 nitrogen and oxygen atoms in total. The van der Waals surface area contributed by atoms with Crippen molar-refractivity contribution in [2.24, 2.45) is 5.92 Å². The van der Waals surface area contributed by atoms with Crippen molar-refractivity contribution in [2.45, 2.75) is 17.7 Å². The van der Waals surface area contributed by atoms with Crippen LogP contribution in [0.5, 0.6) is 5.75 Å². The Hall–Kier alpha value is -2.84. The van der Waals surface area contributed by atoms with E-state index in [1.165, 1.54) is 19.2 Å². The summed E-state index contributed by atoms with van der Waals surface area (Å²) in [7, 11) is -2.04. The highest BCUT2D eigenvalue weighted by Gasteiger charge is 2.26. The van der Waals surface area contributed by atoms with Crippen molar-refractivity contribution in [3.8, 4) is 5.75 Å². The number of benzene rings is 2. The molecule has 8 heteroatoms. The number of para-hydroxylation sites is 1. The van der Waals surface area contributed by atoms with Gasteiger partial charge in [-0.2, -0.15) is 0 Å². The molecular weight excluding hydrogens is 404 g/mol. The zero-order valence-corrected chi connectivity index (χ0v) is 17.5. The fraction of sp³-hybridized carbons (Fsp3) is 0.318. The summed E-state index contributed by atoms with van der Waals surface area (Å²) in [6.45, 7) is 1.50. The Bertz CT molecular complexity index is 1100. The summed E-state index contributed by atoms with van der Waals surface area (Å²) in [6.07, 6.45) is 1.47. The molecule has 1 fully saturated rings. The number of fused-ring (bicyclic) bond motifs is 1. The van der Waals surface area contributed by atoms with Gasteiger partial charge in [0.1, 0.15) is 11.3 Å². The fourth-order valence-electron chi connectivity index (χ4n) is 3.65. The Morgan fingerprint density at radius 3 is 2.50 bits per heavy atom. The number of methoxy groups -OCH3 is 1. The van der Waals surface area contributed by atoms with Crippen molar-refractivity contribution in [3.05, 3.63) is 60.4 Å². The summed E-state index contributed by atoms with van der Waals surface area (Å²) in [5, 5.41) is 0.906. The van der Waals surface area contributed by atoms with Crippen molar-refractivity contribution in [1.82, 2.24) is 9.62 Å². The summed E-state index contributed by atoms with van der Waals surface area (Å²) in [5.41, 5.74) is 0.698. The molecule has 1 aromatic heterocycles. The van der Waals surface area contributed by atoms with Crippen molar-refractivity contribution >= 4 is 26.9 Å². The molecule has 1 N–H and O–H groups in total. The predicted octanol–water partition coefficient (Wildman–Crippen LogP) is 3.27. The second kappa shape index (κ2) is 8.49. The van der Waals surface area contributed by atoms with Gasteiger partial charge in [0.05, 0.1) is 12.0 Å². The highest BCUT2D eigenvalue weighted by atomic mass is 32.2. The van der Waals surface area contributed by atoms with Crippen LogP contribution in [0.25, 0.3) is 11.0 Å². The molecule has 0 bridgehead atoms. The van der Waals surface area contributed by atoms with E-state index in [9.17, 15) is 13.2 Å². The Labute approximate surface area is 175 Å². The summed E-state index contributed by atoms with van der Waals surface area (Å²) < 4.78 is 38.4. The number of hydrogen-bond donors (Lipinski definition) is 1. The number of carbonyl (C=O) groups is 1. The molecule has 3 aromatic rings. The second-order valence-electron chi connectivity index (χ2n) is 7.41. The van der Waals surface area contributed by atoms with Crippen molar-refractivity contribution in [3.63, 3.8) is 0 Å². The zero-order chi connectivity index (χ0) is 21.1. The molecule has 4 rings (SSSR count). The first-order valence-corrected chi connectivity index (χ1v) is 11.4. The van der Waals surface area contributed by atoms with Crippen LogP contribution in [0.3, 0.4) is 0 Å². The van der Waals surface area contributed by atoms with Gasteiger partial charge in [-0.3, -0.25) is 4.79 Å². The second-order valence-corrected chi connectivity index (χ2v) is 9.18. The average Bonchev–Trinajstić information content (AvgIpc) is 3.22. The third kappa shape index (κ3) is 4.34. The molecule has 30 heavy (non-hydrogen) atoms. The van der Waals surface area contributed by atoms with Crippen LogP contribution >= 0.6 is 0 Å². The van der Waals surface area contributed by atoms with Crippen LogP contribution in [0, 0.1) is 5.92 Å². The zero-order valence-electron chi connectivity index (χ0n) is 16.7. The number of nitrogens with one attached hydrogen (secondary N) is 1. The van der Waals surface area contributed by atoms with Gasteiger partial charge in [0.15, 0.2) is 5.76 Å². The first-order valence-electron chi connectivity index (χ1n) is 9.88. The predicted molar refractivity (Wildman–Crippen MR) is 113 cm³/mol. The molecule has 0 atom stereocenters. The number of amides is 1. The van der Waals surface area contributed by atoms with Gasteiger partial charge in [-0.15, -0.1) is 0 Å². The lowest BCUT2D eigenvalue weighted by molar-refractivity contribution is 0.0662. The minimum Gasteiger partial charge on any atom is -0.497 e. The molecule has 158 valence electrons. The van der Waals surface area contributed by atoms with E-state index in [2.05, 4.69) is 4.72 Å². The minimum absolute atomic E-state index is 0.122. The maximum atomic E-state index is 12.7. The molecule has 2 aromatic carbocycles. The van der Waals surface area contributed by atoms with E-state index in [-0.39, 0.29) is 16.7 Å². The standard InChI is InChI=1S/C22H24N2O5S/c1-28-18-6-8-19(9-7-18)30(26,27)23-15-16-10-12-24(13-11-16)22(25)21-14-17-4-2-3-5-20(17)29-21/h2-9,14,16,23H,10-13,15H2,1H3. The quantitative estimate of drug-likeness (QED) is 0.651. The van der Waals surface area contributed by atoms with Crippen LogP contribution in [0.15, 0.2) is 63.9 Å². The highest BCUT2D eigenvalue weighted by Crippen LogP contribution is 2.23. The number of nitrogens with zero attached hydrogens (tertiary/aromatic N) is 1. The Morgan fingerprint density at radius 2 is 1.83 bits per heavy atom. The number of carbonyl (C=O) groups excluding carboxylic acids is 1. The van der Waals surface area contributed by atoms with Crippen LogP contribution < -0.4 is 9.46 Å². The van der Waals surface area contributed by atoms with Gasteiger partial charge in [0, 0.05) is 25.0 Å². The number of likely N-dealkylation sites (tertiary alicyclic amines) is 1. The lowest BCUT2D eigenvalue weighted by atomic mass is 9.97. The summed E-state index contributed by atoms with van der Waals surface area (Å²) in [6, 6.07) is 15.6. The van der Waals surface area contributed by atoms with E-state index in [0.717, 1.165) is 18.2 Å². The molecular formula is C22H24N2O5S. The van der Waals surface area contributed by atoms with E-state index >= 15 is 0 Å². The van der Waals surface area contributed by atoms with E-state index < -0.39 is 10.0 Å². The topological polar surface area (TPSA) is 88.9 Å². The van der Waals surface area contributed by atoms with Crippen LogP contribution in [-0.2, 0) is 10.0 Å². The number of furan rings is 1. The maximum Gasteiger partial charge on any atom is 0.289 e. The Kier molecular flexibility index (Phi) is 5.78. The van der Waals surface area contributed by atoms with Gasteiger partial charge >= 0.3 is 0 Å². The Morgan fingerprint density at radius 1 is 1.13 bits per heavy atom. The van der Waals surface area contributed by atoms with E-state index in [1.54, 1.807) is 23.1 Å². The molecule has 1 saturated heterocycles. The van der Waals surface area contributed by atoms with Crippen molar-refractivity contribution in [1.29, 1.82) is 0 Å². The van der Waals surface area contributed by atoms with Crippen LogP contribution in [0.1, 0.15) is 23.4 Å². The number of hydrogen-bond acceptors (Lipinski definition) is 5. The summed E-state index contributed by atoms with van der Waals surface area (Å²) in [4.78, 5) is 14.7. The fourth-order valence-corrected chi connectivity index (χ4v) is 4.77. The molecule has 1 aliphatic rings. The molecule has 0 aliphatic carbocycles. The summed E-state index contributed by atoms with van der Waals surface area (Å²) >= 11 is 0.